The Kier molecular flexibility index (Phi) is 2.59. The summed E-state index contributed by atoms with van der Waals surface area (Å²) in [4.78, 5) is 0. The standard InChI is InChI=1S/C8H11N3O2/c9-8(10)11-4-5-1-2-6(12)7(13)3-5/h1-3,12-13H,4H2,(H4,9,10,11). The molecule has 0 aromatic heterocycles. The first-order valence-electron chi connectivity index (χ1n) is 3.68. The van der Waals surface area contributed by atoms with Crippen molar-refractivity contribution < 1.29 is 10.2 Å². The third kappa shape index (κ3) is 2.55. The van der Waals surface area contributed by atoms with Crippen LogP contribution < -0.4 is 11.1 Å². The highest BCUT2D eigenvalue weighted by Gasteiger charge is 1.99. The van der Waals surface area contributed by atoms with Crippen LogP contribution in [0.4, 0.5) is 0 Å². The maximum absolute atomic E-state index is 9.10. The molecule has 1 rings (SSSR count). The van der Waals surface area contributed by atoms with Crippen molar-refractivity contribution in [3.05, 3.63) is 23.8 Å². The highest BCUT2D eigenvalue weighted by atomic mass is 16.3. The first-order valence-corrected chi connectivity index (χ1v) is 3.68. The minimum Gasteiger partial charge on any atom is -0.504 e. The molecule has 13 heavy (non-hydrogen) atoms. The Bertz CT molecular complexity index is 325. The van der Waals surface area contributed by atoms with Gasteiger partial charge in [0, 0.05) is 6.54 Å². The molecular formula is C8H11N3O2. The topological polar surface area (TPSA) is 102 Å². The van der Waals surface area contributed by atoms with Crippen LogP contribution in [0.5, 0.6) is 11.5 Å². The van der Waals surface area contributed by atoms with Crippen molar-refractivity contribution in [1.82, 2.24) is 5.32 Å². The lowest BCUT2D eigenvalue weighted by Gasteiger charge is -2.04. The van der Waals surface area contributed by atoms with Crippen molar-refractivity contribution in [2.45, 2.75) is 6.54 Å². The van der Waals surface area contributed by atoms with Gasteiger partial charge >= 0.3 is 0 Å². The van der Waals surface area contributed by atoms with Crippen LogP contribution in [0.2, 0.25) is 0 Å². The van der Waals surface area contributed by atoms with E-state index in [9.17, 15) is 0 Å². The quantitative estimate of drug-likeness (QED) is 0.253. The lowest BCUT2D eigenvalue weighted by atomic mass is 10.2. The number of phenolic OH excluding ortho intramolecular Hbond substituents is 2. The summed E-state index contributed by atoms with van der Waals surface area (Å²) in [5.74, 6) is -0.470. The maximum Gasteiger partial charge on any atom is 0.185 e. The molecular weight excluding hydrogens is 170 g/mol. The monoisotopic (exact) mass is 181 g/mol. The summed E-state index contributed by atoms with van der Waals surface area (Å²) >= 11 is 0. The summed E-state index contributed by atoms with van der Waals surface area (Å²) in [5.41, 5.74) is 5.81. The van der Waals surface area contributed by atoms with E-state index in [0.717, 1.165) is 5.56 Å². The number of nitrogens with one attached hydrogen (secondary N) is 2. The van der Waals surface area contributed by atoms with Crippen molar-refractivity contribution in [3.8, 4) is 11.5 Å². The van der Waals surface area contributed by atoms with Crippen LogP contribution >= 0.6 is 0 Å². The number of guanidine groups is 1. The molecule has 0 saturated heterocycles. The van der Waals surface area contributed by atoms with E-state index in [-0.39, 0.29) is 17.5 Å². The molecule has 0 aliphatic rings. The Morgan fingerprint density at radius 1 is 1.38 bits per heavy atom. The van der Waals surface area contributed by atoms with Crippen LogP contribution in [0.3, 0.4) is 0 Å². The van der Waals surface area contributed by atoms with Crippen molar-refractivity contribution in [2.75, 3.05) is 0 Å². The molecule has 70 valence electrons. The zero-order valence-corrected chi connectivity index (χ0v) is 6.91. The van der Waals surface area contributed by atoms with Gasteiger partial charge in [0.15, 0.2) is 17.5 Å². The molecule has 0 bridgehead atoms. The SMILES string of the molecule is N=C(N)NCc1ccc(O)c(O)c1. The summed E-state index contributed by atoms with van der Waals surface area (Å²) < 4.78 is 0. The number of rotatable bonds is 2. The van der Waals surface area contributed by atoms with Crippen molar-refractivity contribution in [3.63, 3.8) is 0 Å². The van der Waals surface area contributed by atoms with E-state index < -0.39 is 0 Å². The molecule has 1 aromatic carbocycles. The molecule has 5 nitrogen and oxygen atoms in total. The first-order chi connectivity index (χ1) is 6.09. The van der Waals surface area contributed by atoms with Crippen LogP contribution in [-0.2, 0) is 6.54 Å². The molecule has 0 aliphatic carbocycles. The molecule has 0 amide bonds. The van der Waals surface area contributed by atoms with Crippen LogP contribution in [-0.4, -0.2) is 16.2 Å². The van der Waals surface area contributed by atoms with Gasteiger partial charge < -0.3 is 21.3 Å². The second-order valence-corrected chi connectivity index (χ2v) is 2.59. The van der Waals surface area contributed by atoms with E-state index in [1.165, 1.54) is 12.1 Å². The fourth-order valence-corrected chi connectivity index (χ4v) is 0.876. The lowest BCUT2D eigenvalue weighted by molar-refractivity contribution is 0.403. The van der Waals surface area contributed by atoms with Gasteiger partial charge in [0.25, 0.3) is 0 Å². The van der Waals surface area contributed by atoms with E-state index in [1.54, 1.807) is 6.07 Å². The molecule has 0 fully saturated rings. The average molecular weight is 181 g/mol. The lowest BCUT2D eigenvalue weighted by Crippen LogP contribution is -2.29. The molecule has 6 N–H and O–H groups in total. The molecule has 0 unspecified atom stereocenters. The molecule has 1 aromatic rings. The number of hydrogen-bond donors (Lipinski definition) is 5. The number of aromatic hydroxyl groups is 2. The zero-order valence-electron chi connectivity index (χ0n) is 6.91. The van der Waals surface area contributed by atoms with Gasteiger partial charge in [-0.3, -0.25) is 5.41 Å². The van der Waals surface area contributed by atoms with Gasteiger partial charge in [-0.2, -0.15) is 0 Å². The summed E-state index contributed by atoms with van der Waals surface area (Å²) in [7, 11) is 0. The minimum atomic E-state index is -0.178. The maximum atomic E-state index is 9.10. The van der Waals surface area contributed by atoms with E-state index in [0.29, 0.717) is 6.54 Å². The van der Waals surface area contributed by atoms with Crippen LogP contribution in [0.1, 0.15) is 5.56 Å². The highest BCUT2D eigenvalue weighted by molar-refractivity contribution is 5.74. The average Bonchev–Trinajstić information content (AvgIpc) is 2.07. The molecule has 0 radical (unpaired) electrons. The van der Waals surface area contributed by atoms with Crippen LogP contribution in [0, 0.1) is 5.41 Å². The second-order valence-electron chi connectivity index (χ2n) is 2.59. The van der Waals surface area contributed by atoms with Gasteiger partial charge in [0.2, 0.25) is 0 Å². The Morgan fingerprint density at radius 3 is 2.62 bits per heavy atom. The second kappa shape index (κ2) is 3.66. The summed E-state index contributed by atoms with van der Waals surface area (Å²) in [6.45, 7) is 0.350. The minimum absolute atomic E-state index is 0.132. The van der Waals surface area contributed by atoms with Gasteiger partial charge in [-0.05, 0) is 17.7 Å². The van der Waals surface area contributed by atoms with Crippen molar-refractivity contribution in [1.29, 1.82) is 5.41 Å². The number of phenols is 2. The Labute approximate surface area is 75.3 Å². The van der Waals surface area contributed by atoms with Crippen LogP contribution in [0.25, 0.3) is 0 Å². The van der Waals surface area contributed by atoms with Crippen molar-refractivity contribution >= 4 is 5.96 Å². The molecule has 5 heteroatoms. The Hall–Kier alpha value is -1.91. The fraction of sp³-hybridized carbons (Fsp3) is 0.125. The van der Waals surface area contributed by atoms with E-state index in [2.05, 4.69) is 5.32 Å². The van der Waals surface area contributed by atoms with Gasteiger partial charge in [0.05, 0.1) is 0 Å². The normalized spacial score (nSPS) is 9.54. The summed E-state index contributed by atoms with van der Waals surface area (Å²) in [6, 6.07) is 4.42. The largest absolute Gasteiger partial charge is 0.504 e. The van der Waals surface area contributed by atoms with Gasteiger partial charge in [0.1, 0.15) is 0 Å². The van der Waals surface area contributed by atoms with Gasteiger partial charge in [-0.15, -0.1) is 0 Å². The molecule has 0 saturated carbocycles. The number of benzene rings is 1. The Balaban J connectivity index is 2.68. The van der Waals surface area contributed by atoms with Gasteiger partial charge in [-0.1, -0.05) is 6.07 Å². The molecule has 0 aliphatic heterocycles. The third-order valence-electron chi connectivity index (χ3n) is 1.52. The highest BCUT2D eigenvalue weighted by Crippen LogP contribution is 2.24. The van der Waals surface area contributed by atoms with Gasteiger partial charge in [-0.25, -0.2) is 0 Å². The van der Waals surface area contributed by atoms with Crippen LogP contribution in [0.15, 0.2) is 18.2 Å². The first kappa shape index (κ1) is 9.18. The van der Waals surface area contributed by atoms with Crippen molar-refractivity contribution in [2.24, 2.45) is 5.73 Å². The van der Waals surface area contributed by atoms with E-state index in [1.807, 2.05) is 0 Å². The number of nitrogens with two attached hydrogens (primary N) is 1. The van der Waals surface area contributed by atoms with E-state index >= 15 is 0 Å². The molecule has 0 heterocycles. The summed E-state index contributed by atoms with van der Waals surface area (Å²) in [6.07, 6.45) is 0. The number of hydrogen-bond acceptors (Lipinski definition) is 3. The zero-order chi connectivity index (χ0) is 9.84. The Morgan fingerprint density at radius 2 is 2.08 bits per heavy atom. The predicted molar refractivity (Wildman–Crippen MR) is 48.5 cm³/mol. The third-order valence-corrected chi connectivity index (χ3v) is 1.52. The van der Waals surface area contributed by atoms with E-state index in [4.69, 9.17) is 21.4 Å². The molecule has 0 spiro atoms. The molecule has 0 atom stereocenters. The predicted octanol–water partition coefficient (Wildman–Crippen LogP) is 0.0809. The fourth-order valence-electron chi connectivity index (χ4n) is 0.876. The summed E-state index contributed by atoms with van der Waals surface area (Å²) in [5, 5.41) is 27.6. The smallest absolute Gasteiger partial charge is 0.185 e.